The van der Waals surface area contributed by atoms with Crippen molar-refractivity contribution in [3.05, 3.63) is 35.9 Å². The third-order valence-corrected chi connectivity index (χ3v) is 4.45. The maximum atomic E-state index is 13.3. The second-order valence-corrected chi connectivity index (χ2v) is 8.26. The van der Waals surface area contributed by atoms with E-state index >= 15 is 0 Å². The van der Waals surface area contributed by atoms with Crippen molar-refractivity contribution in [3.63, 3.8) is 0 Å². The Hall–Kier alpha value is -2.04. The number of carbonyl (C=O) groups excluding carboxylic acids is 2. The number of rotatable bonds is 2. The molecule has 5 heteroatoms. The zero-order valence-corrected chi connectivity index (χ0v) is 15.7. The van der Waals surface area contributed by atoms with E-state index in [2.05, 4.69) is 0 Å². The lowest BCUT2D eigenvalue weighted by atomic mass is 9.85. The molecule has 0 saturated carbocycles. The molecule has 1 aromatic carbocycles. The highest BCUT2D eigenvalue weighted by atomic mass is 16.5. The van der Waals surface area contributed by atoms with Gasteiger partial charge in [0.05, 0.1) is 13.7 Å². The Labute approximate surface area is 144 Å². The van der Waals surface area contributed by atoms with Crippen LogP contribution in [0.1, 0.15) is 47.1 Å². The van der Waals surface area contributed by atoms with Crippen molar-refractivity contribution < 1.29 is 14.3 Å². The first-order valence-electron chi connectivity index (χ1n) is 8.22. The summed E-state index contributed by atoms with van der Waals surface area (Å²) in [6, 6.07) is 9.28. The van der Waals surface area contributed by atoms with Gasteiger partial charge in [-0.1, -0.05) is 30.3 Å². The van der Waals surface area contributed by atoms with Gasteiger partial charge < -0.3 is 9.64 Å². The molecule has 1 aliphatic heterocycles. The molecule has 1 heterocycles. The first kappa shape index (κ1) is 18.3. The number of esters is 1. The first-order chi connectivity index (χ1) is 11.0. The highest BCUT2D eigenvalue weighted by Gasteiger charge is 2.61. The summed E-state index contributed by atoms with van der Waals surface area (Å²) in [5.41, 5.74) is -1.32. The zero-order chi connectivity index (χ0) is 18.3. The van der Waals surface area contributed by atoms with Crippen molar-refractivity contribution in [3.8, 4) is 0 Å². The van der Waals surface area contributed by atoms with Gasteiger partial charge in [0.15, 0.2) is 5.54 Å². The molecule has 0 spiro atoms. The van der Waals surface area contributed by atoms with E-state index in [0.717, 1.165) is 5.56 Å². The van der Waals surface area contributed by atoms with Gasteiger partial charge in [0.25, 0.3) is 0 Å². The van der Waals surface area contributed by atoms with Gasteiger partial charge in [-0.05, 0) is 47.1 Å². The van der Waals surface area contributed by atoms with E-state index in [0.29, 0.717) is 0 Å². The average Bonchev–Trinajstić information content (AvgIpc) is 2.82. The van der Waals surface area contributed by atoms with E-state index in [1.54, 1.807) is 9.80 Å². The number of hydrogen-bond acceptors (Lipinski definition) is 3. The second kappa shape index (κ2) is 5.80. The summed E-state index contributed by atoms with van der Waals surface area (Å²) in [5, 5.41) is 0. The van der Waals surface area contributed by atoms with Crippen LogP contribution in [-0.4, -0.2) is 46.5 Å². The van der Waals surface area contributed by atoms with Gasteiger partial charge in [0, 0.05) is 11.1 Å². The fourth-order valence-corrected chi connectivity index (χ4v) is 3.41. The molecule has 0 bridgehead atoms. The number of hydrogen-bond donors (Lipinski definition) is 0. The van der Waals surface area contributed by atoms with Crippen molar-refractivity contribution in [1.82, 2.24) is 9.80 Å². The molecule has 0 aromatic heterocycles. The molecule has 24 heavy (non-hydrogen) atoms. The lowest BCUT2D eigenvalue weighted by Crippen LogP contribution is -2.58. The van der Waals surface area contributed by atoms with Gasteiger partial charge >= 0.3 is 12.0 Å². The Morgan fingerprint density at radius 3 is 2.00 bits per heavy atom. The number of nitrogens with zero attached hydrogens (tertiary/aromatic N) is 2. The number of urea groups is 1. The van der Waals surface area contributed by atoms with Crippen LogP contribution in [-0.2, 0) is 15.1 Å². The van der Waals surface area contributed by atoms with Crippen LogP contribution in [0, 0.1) is 0 Å². The Kier molecular flexibility index (Phi) is 4.42. The normalized spacial score (nSPS) is 22.0. The number of amides is 2. The Morgan fingerprint density at radius 1 is 1.04 bits per heavy atom. The smallest absolute Gasteiger partial charge is 0.338 e. The summed E-state index contributed by atoms with van der Waals surface area (Å²) in [6.07, 6.45) is 0. The van der Waals surface area contributed by atoms with Gasteiger partial charge in [-0.2, -0.15) is 0 Å². The van der Waals surface area contributed by atoms with Gasteiger partial charge in [0.2, 0.25) is 0 Å². The summed E-state index contributed by atoms with van der Waals surface area (Å²) in [5.74, 6) is -0.413. The summed E-state index contributed by atoms with van der Waals surface area (Å²) in [4.78, 5) is 29.6. The van der Waals surface area contributed by atoms with E-state index in [4.69, 9.17) is 4.74 Å². The van der Waals surface area contributed by atoms with Crippen LogP contribution in [0.15, 0.2) is 30.3 Å². The van der Waals surface area contributed by atoms with Crippen molar-refractivity contribution >= 4 is 12.0 Å². The van der Waals surface area contributed by atoms with Crippen LogP contribution >= 0.6 is 0 Å². The maximum absolute atomic E-state index is 13.3. The molecule has 0 aliphatic carbocycles. The van der Waals surface area contributed by atoms with Crippen molar-refractivity contribution in [2.75, 3.05) is 13.7 Å². The molecule has 0 N–H and O–H groups in total. The molecular weight excluding hydrogens is 304 g/mol. The topological polar surface area (TPSA) is 49.9 Å². The highest BCUT2D eigenvalue weighted by Crippen LogP contribution is 2.44. The first-order valence-corrected chi connectivity index (χ1v) is 8.22. The van der Waals surface area contributed by atoms with Crippen molar-refractivity contribution in [2.45, 2.75) is 58.2 Å². The van der Waals surface area contributed by atoms with Crippen LogP contribution in [0.25, 0.3) is 0 Å². The largest absolute Gasteiger partial charge is 0.467 e. The molecule has 1 saturated heterocycles. The molecule has 0 radical (unpaired) electrons. The maximum Gasteiger partial charge on any atom is 0.338 e. The van der Waals surface area contributed by atoms with Gasteiger partial charge in [-0.25, -0.2) is 9.59 Å². The van der Waals surface area contributed by atoms with E-state index in [1.165, 1.54) is 7.11 Å². The lowest BCUT2D eigenvalue weighted by molar-refractivity contribution is -0.155. The fourth-order valence-electron chi connectivity index (χ4n) is 3.41. The number of benzene rings is 1. The van der Waals surface area contributed by atoms with Gasteiger partial charge in [-0.15, -0.1) is 0 Å². The molecule has 1 aromatic rings. The number of ether oxygens (including phenoxy) is 1. The number of carbonyl (C=O) groups is 2. The quantitative estimate of drug-likeness (QED) is 0.780. The van der Waals surface area contributed by atoms with E-state index in [9.17, 15) is 9.59 Å². The number of methoxy groups -OCH3 is 1. The van der Waals surface area contributed by atoms with Crippen LogP contribution in [0.2, 0.25) is 0 Å². The molecule has 1 fully saturated rings. The Bertz CT molecular complexity index is 628. The van der Waals surface area contributed by atoms with Gasteiger partial charge in [0.1, 0.15) is 0 Å². The predicted molar refractivity (Wildman–Crippen MR) is 93.6 cm³/mol. The van der Waals surface area contributed by atoms with E-state index in [-0.39, 0.29) is 12.6 Å². The third kappa shape index (κ3) is 2.76. The molecule has 1 atom stereocenters. The molecule has 132 valence electrons. The molecule has 5 nitrogen and oxygen atoms in total. The lowest BCUT2D eigenvalue weighted by Gasteiger charge is -2.43. The summed E-state index contributed by atoms with van der Waals surface area (Å²) in [7, 11) is 1.37. The minimum atomic E-state index is -1.15. The van der Waals surface area contributed by atoms with Crippen LogP contribution in [0.5, 0.6) is 0 Å². The average molecular weight is 332 g/mol. The van der Waals surface area contributed by atoms with E-state index in [1.807, 2.05) is 71.9 Å². The van der Waals surface area contributed by atoms with Crippen molar-refractivity contribution in [2.24, 2.45) is 0 Å². The van der Waals surface area contributed by atoms with Crippen LogP contribution < -0.4 is 0 Å². The van der Waals surface area contributed by atoms with Gasteiger partial charge in [-0.3, -0.25) is 4.90 Å². The Balaban J connectivity index is 2.75. The molecule has 2 rings (SSSR count). The second-order valence-electron chi connectivity index (χ2n) is 8.26. The van der Waals surface area contributed by atoms with E-state index < -0.39 is 22.6 Å². The minimum Gasteiger partial charge on any atom is -0.467 e. The summed E-state index contributed by atoms with van der Waals surface area (Å²) >= 11 is 0. The van der Waals surface area contributed by atoms with Crippen molar-refractivity contribution in [1.29, 1.82) is 0 Å². The Morgan fingerprint density at radius 2 is 1.58 bits per heavy atom. The predicted octanol–water partition coefficient (Wildman–Crippen LogP) is 3.39. The SMILES string of the molecule is COC(=O)C1(c2ccccc2)CN(C(C)(C)C)C(=O)N1C(C)(C)C. The fraction of sp³-hybridized carbons (Fsp3) is 0.579. The highest BCUT2D eigenvalue weighted by molar-refractivity contribution is 5.93. The molecule has 2 amide bonds. The standard InChI is InChI=1S/C19H28N2O3/c1-17(2,3)20-13-19(15(22)24-7,14-11-9-8-10-12-14)21(16(20)23)18(4,5)6/h8-12H,13H2,1-7H3. The minimum absolute atomic E-state index is 0.149. The monoisotopic (exact) mass is 332 g/mol. The van der Waals surface area contributed by atoms with Crippen LogP contribution in [0.4, 0.5) is 4.79 Å². The molecular formula is C19H28N2O3. The summed E-state index contributed by atoms with van der Waals surface area (Å²) in [6.45, 7) is 12.0. The summed E-state index contributed by atoms with van der Waals surface area (Å²) < 4.78 is 5.17. The van der Waals surface area contributed by atoms with Crippen LogP contribution in [0.3, 0.4) is 0 Å². The third-order valence-electron chi connectivity index (χ3n) is 4.45. The molecule has 1 unspecified atom stereocenters. The molecule has 1 aliphatic rings. The zero-order valence-electron chi connectivity index (χ0n) is 15.7.